The Morgan fingerprint density at radius 3 is 3.00 bits per heavy atom. The van der Waals surface area contributed by atoms with Crippen molar-refractivity contribution in [3.05, 3.63) is 17.0 Å². The fourth-order valence-electron chi connectivity index (χ4n) is 0.667. The summed E-state index contributed by atoms with van der Waals surface area (Å²) in [4.78, 5) is 10.7. The fourth-order valence-corrected chi connectivity index (χ4v) is 1.50. The van der Waals surface area contributed by atoms with Crippen molar-refractivity contribution in [2.24, 2.45) is 0 Å². The van der Waals surface area contributed by atoms with Gasteiger partial charge >= 0.3 is 0 Å². The number of carbonyl (C=O) groups is 1. The first-order valence-corrected chi connectivity index (χ1v) is 4.07. The van der Waals surface area contributed by atoms with Gasteiger partial charge in [0.1, 0.15) is 6.61 Å². The molecule has 0 fully saturated rings. The molecule has 0 bridgehead atoms. The lowest BCUT2D eigenvalue weighted by Crippen LogP contribution is -2.14. The molecule has 2 N–H and O–H groups in total. The van der Waals surface area contributed by atoms with E-state index in [-0.39, 0.29) is 5.91 Å². The molecule has 4 heteroatoms. The van der Waals surface area contributed by atoms with Gasteiger partial charge in [-0.1, -0.05) is 0 Å². The number of aliphatic hydroxyl groups excluding tert-OH is 1. The van der Waals surface area contributed by atoms with Gasteiger partial charge in [0, 0.05) is 0 Å². The van der Waals surface area contributed by atoms with E-state index in [4.69, 9.17) is 5.11 Å². The molecule has 1 heterocycles. The first-order chi connectivity index (χ1) is 5.24. The van der Waals surface area contributed by atoms with Crippen molar-refractivity contribution in [3.63, 3.8) is 0 Å². The first kappa shape index (κ1) is 8.23. The van der Waals surface area contributed by atoms with Crippen molar-refractivity contribution in [2.75, 3.05) is 11.9 Å². The summed E-state index contributed by atoms with van der Waals surface area (Å²) in [5, 5.41) is 13.7. The van der Waals surface area contributed by atoms with Crippen LogP contribution in [0.3, 0.4) is 0 Å². The molecule has 1 rings (SSSR count). The molecule has 0 spiro atoms. The van der Waals surface area contributed by atoms with Crippen LogP contribution in [-0.2, 0) is 4.79 Å². The van der Waals surface area contributed by atoms with Crippen molar-refractivity contribution in [1.82, 2.24) is 0 Å². The largest absolute Gasteiger partial charge is 0.387 e. The normalized spacial score (nSPS) is 9.64. The standard InChI is InChI=1S/C7H9NO2S/c1-5-2-3-11-7(5)8-6(10)4-9/h2-3,9H,4H2,1H3,(H,8,10). The zero-order valence-electron chi connectivity index (χ0n) is 6.13. The Kier molecular flexibility index (Phi) is 2.62. The van der Waals surface area contributed by atoms with E-state index in [0.29, 0.717) is 0 Å². The predicted octanol–water partition coefficient (Wildman–Crippen LogP) is 0.987. The van der Waals surface area contributed by atoms with Crippen LogP contribution >= 0.6 is 11.3 Å². The molecule has 1 amide bonds. The zero-order chi connectivity index (χ0) is 8.27. The molecule has 11 heavy (non-hydrogen) atoms. The van der Waals surface area contributed by atoms with Gasteiger partial charge in [-0.25, -0.2) is 0 Å². The van der Waals surface area contributed by atoms with Crippen LogP contribution in [0.15, 0.2) is 11.4 Å². The first-order valence-electron chi connectivity index (χ1n) is 3.19. The second-order valence-electron chi connectivity index (χ2n) is 2.14. The van der Waals surface area contributed by atoms with Crippen LogP contribution in [0, 0.1) is 6.92 Å². The summed E-state index contributed by atoms with van der Waals surface area (Å²) in [6.45, 7) is 1.45. The number of amides is 1. The smallest absolute Gasteiger partial charge is 0.250 e. The maximum Gasteiger partial charge on any atom is 0.250 e. The Labute approximate surface area is 68.7 Å². The van der Waals surface area contributed by atoms with E-state index < -0.39 is 6.61 Å². The van der Waals surface area contributed by atoms with E-state index in [0.717, 1.165) is 10.6 Å². The van der Waals surface area contributed by atoms with Crippen LogP contribution in [0.25, 0.3) is 0 Å². The number of aryl methyl sites for hydroxylation is 1. The molecule has 1 aromatic rings. The molecule has 0 saturated heterocycles. The number of aliphatic hydroxyl groups is 1. The van der Waals surface area contributed by atoms with Gasteiger partial charge in [0.25, 0.3) is 5.91 Å². The van der Waals surface area contributed by atoms with E-state index in [1.165, 1.54) is 11.3 Å². The third kappa shape index (κ3) is 2.03. The quantitative estimate of drug-likeness (QED) is 0.697. The Morgan fingerprint density at radius 2 is 2.55 bits per heavy atom. The number of rotatable bonds is 2. The SMILES string of the molecule is Cc1ccsc1NC(=O)CO. The lowest BCUT2D eigenvalue weighted by atomic mass is 10.4. The summed E-state index contributed by atoms with van der Waals surface area (Å²) in [6, 6.07) is 1.91. The topological polar surface area (TPSA) is 49.3 Å². The molecule has 0 unspecified atom stereocenters. The van der Waals surface area contributed by atoms with Gasteiger partial charge in [-0.05, 0) is 23.9 Å². The molecule has 0 saturated carbocycles. The zero-order valence-corrected chi connectivity index (χ0v) is 6.94. The van der Waals surface area contributed by atoms with Crippen molar-refractivity contribution in [1.29, 1.82) is 0 Å². The molecular formula is C7H9NO2S. The average Bonchev–Trinajstić information content (AvgIpc) is 2.37. The van der Waals surface area contributed by atoms with Gasteiger partial charge in [0.05, 0.1) is 5.00 Å². The summed E-state index contributed by atoms with van der Waals surface area (Å²) in [5.74, 6) is -0.365. The van der Waals surface area contributed by atoms with Crippen LogP contribution in [-0.4, -0.2) is 17.6 Å². The van der Waals surface area contributed by atoms with Crippen LogP contribution in [0.1, 0.15) is 5.56 Å². The van der Waals surface area contributed by atoms with E-state index >= 15 is 0 Å². The molecular weight excluding hydrogens is 162 g/mol. The lowest BCUT2D eigenvalue weighted by Gasteiger charge is -1.99. The van der Waals surface area contributed by atoms with Crippen LogP contribution in [0.2, 0.25) is 0 Å². The third-order valence-corrected chi connectivity index (χ3v) is 2.19. The predicted molar refractivity (Wildman–Crippen MR) is 44.8 cm³/mol. The van der Waals surface area contributed by atoms with Gasteiger partial charge in [-0.2, -0.15) is 0 Å². The minimum absolute atomic E-state index is 0.365. The molecule has 60 valence electrons. The lowest BCUT2D eigenvalue weighted by molar-refractivity contribution is -0.118. The van der Waals surface area contributed by atoms with E-state index in [2.05, 4.69) is 5.32 Å². The van der Waals surface area contributed by atoms with Gasteiger partial charge in [0.15, 0.2) is 0 Å². The minimum atomic E-state index is -0.461. The van der Waals surface area contributed by atoms with Crippen LogP contribution < -0.4 is 5.32 Å². The van der Waals surface area contributed by atoms with Gasteiger partial charge in [-0.15, -0.1) is 11.3 Å². The number of nitrogens with one attached hydrogen (secondary N) is 1. The van der Waals surface area contributed by atoms with Gasteiger partial charge in [0.2, 0.25) is 0 Å². The Hall–Kier alpha value is -0.870. The van der Waals surface area contributed by atoms with Crippen molar-refractivity contribution in [3.8, 4) is 0 Å². The number of carbonyl (C=O) groups excluding carboxylic acids is 1. The monoisotopic (exact) mass is 171 g/mol. The summed E-state index contributed by atoms with van der Waals surface area (Å²) < 4.78 is 0. The molecule has 0 atom stereocenters. The summed E-state index contributed by atoms with van der Waals surface area (Å²) in [7, 11) is 0. The number of thiophene rings is 1. The number of hydrogen-bond donors (Lipinski definition) is 2. The number of hydrogen-bond acceptors (Lipinski definition) is 3. The summed E-state index contributed by atoms with van der Waals surface area (Å²) in [6.07, 6.45) is 0. The minimum Gasteiger partial charge on any atom is -0.387 e. The molecule has 0 radical (unpaired) electrons. The van der Waals surface area contributed by atoms with Gasteiger partial charge < -0.3 is 10.4 Å². The van der Waals surface area contributed by atoms with Crippen LogP contribution in [0.5, 0.6) is 0 Å². The second-order valence-corrected chi connectivity index (χ2v) is 3.06. The van der Waals surface area contributed by atoms with Gasteiger partial charge in [-0.3, -0.25) is 4.79 Å². The summed E-state index contributed by atoms with van der Waals surface area (Å²) >= 11 is 1.45. The Bertz CT molecular complexity index is 257. The fraction of sp³-hybridized carbons (Fsp3) is 0.286. The average molecular weight is 171 g/mol. The molecule has 1 aromatic heterocycles. The second kappa shape index (κ2) is 3.50. The van der Waals surface area contributed by atoms with E-state index in [1.54, 1.807) is 0 Å². The molecule has 0 aliphatic carbocycles. The highest BCUT2D eigenvalue weighted by Gasteiger charge is 2.02. The van der Waals surface area contributed by atoms with Crippen molar-refractivity contribution in [2.45, 2.75) is 6.92 Å². The third-order valence-electron chi connectivity index (χ3n) is 1.26. The Morgan fingerprint density at radius 1 is 1.82 bits per heavy atom. The van der Waals surface area contributed by atoms with Crippen molar-refractivity contribution >= 4 is 22.2 Å². The molecule has 0 aliphatic heterocycles. The van der Waals surface area contributed by atoms with Crippen LogP contribution in [0.4, 0.5) is 5.00 Å². The molecule has 0 aliphatic rings. The molecule has 0 aromatic carbocycles. The maximum absolute atomic E-state index is 10.7. The van der Waals surface area contributed by atoms with E-state index in [9.17, 15) is 4.79 Å². The highest BCUT2D eigenvalue weighted by molar-refractivity contribution is 7.14. The maximum atomic E-state index is 10.7. The number of anilines is 1. The van der Waals surface area contributed by atoms with Crippen molar-refractivity contribution < 1.29 is 9.90 Å². The highest BCUT2D eigenvalue weighted by Crippen LogP contribution is 2.21. The van der Waals surface area contributed by atoms with E-state index in [1.807, 2.05) is 18.4 Å². The highest BCUT2D eigenvalue weighted by atomic mass is 32.1. The Balaban J connectivity index is 2.64. The molecule has 3 nitrogen and oxygen atoms in total. The summed E-state index contributed by atoms with van der Waals surface area (Å²) in [5.41, 5.74) is 1.02.